The number of hydrogen-bond donors (Lipinski definition) is 2. The average molecular weight is 189 g/mol. The number of aromatic hydroxyl groups is 1. The van der Waals surface area contributed by atoms with E-state index in [2.05, 4.69) is 0 Å². The van der Waals surface area contributed by atoms with Crippen LogP contribution >= 0.6 is 0 Å². The second kappa shape index (κ2) is 3.34. The van der Waals surface area contributed by atoms with Crippen LogP contribution in [0.3, 0.4) is 0 Å². The number of alkyl halides is 2. The Morgan fingerprint density at radius 1 is 1.54 bits per heavy atom. The van der Waals surface area contributed by atoms with Gasteiger partial charge in [0.25, 0.3) is 6.43 Å². The summed E-state index contributed by atoms with van der Waals surface area (Å²) in [5.41, 5.74) is -2.23. The zero-order valence-corrected chi connectivity index (χ0v) is 6.25. The van der Waals surface area contributed by atoms with Crippen molar-refractivity contribution >= 4 is 6.29 Å². The third-order valence-electron chi connectivity index (χ3n) is 1.42. The van der Waals surface area contributed by atoms with E-state index in [0.29, 0.717) is 0 Å². The first kappa shape index (κ1) is 9.37. The van der Waals surface area contributed by atoms with Crippen molar-refractivity contribution in [3.05, 3.63) is 27.7 Å². The van der Waals surface area contributed by atoms with Gasteiger partial charge in [-0.15, -0.1) is 0 Å². The van der Waals surface area contributed by atoms with E-state index >= 15 is 0 Å². The molecule has 0 fully saturated rings. The lowest BCUT2D eigenvalue weighted by atomic mass is 10.2. The minimum atomic E-state index is -3.02. The van der Waals surface area contributed by atoms with Crippen molar-refractivity contribution in [3.8, 4) is 5.75 Å². The van der Waals surface area contributed by atoms with Crippen LogP contribution in [0.15, 0.2) is 10.9 Å². The molecule has 4 nitrogen and oxygen atoms in total. The summed E-state index contributed by atoms with van der Waals surface area (Å²) in [6, 6.07) is 0.744. The molecule has 2 N–H and O–H groups in total. The first-order valence-corrected chi connectivity index (χ1v) is 3.25. The van der Waals surface area contributed by atoms with Crippen LogP contribution in [-0.2, 0) is 0 Å². The minimum Gasteiger partial charge on any atom is -0.505 e. The molecular formula is C7H5F2NO3. The molecule has 0 spiro atoms. The zero-order chi connectivity index (χ0) is 10.0. The van der Waals surface area contributed by atoms with Crippen molar-refractivity contribution < 1.29 is 18.7 Å². The van der Waals surface area contributed by atoms with Gasteiger partial charge in [0, 0.05) is 6.07 Å². The van der Waals surface area contributed by atoms with Crippen LogP contribution in [0.4, 0.5) is 8.78 Å². The summed E-state index contributed by atoms with van der Waals surface area (Å²) in [7, 11) is 0. The molecular weight excluding hydrogens is 184 g/mol. The van der Waals surface area contributed by atoms with E-state index in [9.17, 15) is 18.4 Å². The fourth-order valence-electron chi connectivity index (χ4n) is 0.841. The molecule has 0 saturated carbocycles. The number of pyridine rings is 1. The molecule has 1 aromatic rings. The summed E-state index contributed by atoms with van der Waals surface area (Å²) >= 11 is 0. The van der Waals surface area contributed by atoms with Crippen LogP contribution in [0.1, 0.15) is 22.5 Å². The molecule has 0 aromatic carbocycles. The number of aromatic nitrogens is 1. The Morgan fingerprint density at radius 2 is 2.15 bits per heavy atom. The third-order valence-corrected chi connectivity index (χ3v) is 1.42. The van der Waals surface area contributed by atoms with Gasteiger partial charge >= 0.3 is 0 Å². The van der Waals surface area contributed by atoms with Crippen molar-refractivity contribution in [2.75, 3.05) is 0 Å². The molecule has 6 heteroatoms. The van der Waals surface area contributed by atoms with Crippen molar-refractivity contribution in [3.63, 3.8) is 0 Å². The van der Waals surface area contributed by atoms with Gasteiger partial charge in [-0.3, -0.25) is 9.59 Å². The molecule has 0 aliphatic carbocycles. The second-order valence-electron chi connectivity index (χ2n) is 2.27. The fourth-order valence-corrected chi connectivity index (χ4v) is 0.841. The molecule has 1 aromatic heterocycles. The highest BCUT2D eigenvalue weighted by atomic mass is 19.3. The maximum atomic E-state index is 12.1. The van der Waals surface area contributed by atoms with Gasteiger partial charge < -0.3 is 10.1 Å². The van der Waals surface area contributed by atoms with Crippen LogP contribution < -0.4 is 5.56 Å². The van der Waals surface area contributed by atoms with E-state index in [4.69, 9.17) is 5.11 Å². The Labute approximate surface area is 70.8 Å². The molecule has 0 unspecified atom stereocenters. The van der Waals surface area contributed by atoms with Gasteiger partial charge in [-0.2, -0.15) is 0 Å². The van der Waals surface area contributed by atoms with E-state index in [1.165, 1.54) is 0 Å². The molecule has 0 aliphatic heterocycles. The molecule has 0 atom stereocenters. The highest BCUT2D eigenvalue weighted by molar-refractivity contribution is 5.79. The van der Waals surface area contributed by atoms with Crippen molar-refractivity contribution in [2.24, 2.45) is 0 Å². The fraction of sp³-hybridized carbons (Fsp3) is 0.143. The number of hydrogen-bond acceptors (Lipinski definition) is 3. The lowest BCUT2D eigenvalue weighted by molar-refractivity contribution is 0.111. The summed E-state index contributed by atoms with van der Waals surface area (Å²) in [6.07, 6.45) is -2.89. The van der Waals surface area contributed by atoms with Crippen LogP contribution in [0.2, 0.25) is 0 Å². The van der Waals surface area contributed by atoms with E-state index in [0.717, 1.165) is 6.07 Å². The zero-order valence-electron chi connectivity index (χ0n) is 6.25. The van der Waals surface area contributed by atoms with E-state index in [1.54, 1.807) is 4.98 Å². The topological polar surface area (TPSA) is 70.2 Å². The Balaban J connectivity index is 3.44. The number of carbonyl (C=O) groups excluding carboxylic acids is 1. The lowest BCUT2D eigenvalue weighted by Crippen LogP contribution is -2.10. The number of rotatable bonds is 2. The maximum absolute atomic E-state index is 12.1. The standard InChI is InChI=1S/C7H5F2NO3/c8-7(9)5-6(13)3(2-11)1-4(12)10-5/h1-2,7,13H,(H,10,12). The predicted octanol–water partition coefficient (Wildman–Crippen LogP) is 0.831. The Bertz CT molecular complexity index is 386. The predicted molar refractivity (Wildman–Crippen MR) is 39.1 cm³/mol. The van der Waals surface area contributed by atoms with Gasteiger partial charge in [0.15, 0.2) is 12.0 Å². The molecule has 1 heterocycles. The van der Waals surface area contributed by atoms with Crippen LogP contribution in [0.5, 0.6) is 5.75 Å². The Kier molecular flexibility index (Phi) is 2.41. The molecule has 70 valence electrons. The largest absolute Gasteiger partial charge is 0.505 e. The summed E-state index contributed by atoms with van der Waals surface area (Å²) in [6.45, 7) is 0. The maximum Gasteiger partial charge on any atom is 0.282 e. The van der Waals surface area contributed by atoms with Crippen LogP contribution in [0, 0.1) is 0 Å². The van der Waals surface area contributed by atoms with Gasteiger partial charge in [-0.25, -0.2) is 8.78 Å². The molecule has 1 rings (SSSR count). The summed E-state index contributed by atoms with van der Waals surface area (Å²) in [5, 5.41) is 9.00. The highest BCUT2D eigenvalue weighted by Crippen LogP contribution is 2.26. The summed E-state index contributed by atoms with van der Waals surface area (Å²) in [5.74, 6) is -0.885. The Morgan fingerprint density at radius 3 is 2.62 bits per heavy atom. The van der Waals surface area contributed by atoms with Crippen molar-refractivity contribution in [1.29, 1.82) is 0 Å². The van der Waals surface area contributed by atoms with E-state index in [-0.39, 0.29) is 6.29 Å². The quantitative estimate of drug-likeness (QED) is 0.677. The number of aldehydes is 1. The molecule has 0 bridgehead atoms. The number of carbonyl (C=O) groups is 1. The molecule has 0 radical (unpaired) electrons. The molecule has 13 heavy (non-hydrogen) atoms. The van der Waals surface area contributed by atoms with E-state index in [1.807, 2.05) is 0 Å². The molecule has 0 saturated heterocycles. The number of H-pyrrole nitrogens is 1. The first-order valence-electron chi connectivity index (χ1n) is 3.25. The van der Waals surface area contributed by atoms with Crippen LogP contribution in [-0.4, -0.2) is 16.4 Å². The normalized spacial score (nSPS) is 10.4. The average Bonchev–Trinajstić information content (AvgIpc) is 2.08. The SMILES string of the molecule is O=Cc1cc(=O)[nH]c(C(F)F)c1O. The molecule has 0 aliphatic rings. The van der Waals surface area contributed by atoms with E-state index < -0.39 is 29.0 Å². The van der Waals surface area contributed by atoms with Crippen LogP contribution in [0.25, 0.3) is 0 Å². The second-order valence-corrected chi connectivity index (χ2v) is 2.27. The van der Waals surface area contributed by atoms with Crippen molar-refractivity contribution in [2.45, 2.75) is 6.43 Å². The monoisotopic (exact) mass is 189 g/mol. The number of nitrogens with one attached hydrogen (secondary N) is 1. The minimum absolute atomic E-state index is 0.135. The van der Waals surface area contributed by atoms with Gasteiger partial charge in [0.05, 0.1) is 5.56 Å². The third kappa shape index (κ3) is 1.71. The number of aromatic amines is 1. The van der Waals surface area contributed by atoms with Crippen molar-refractivity contribution in [1.82, 2.24) is 4.98 Å². The molecule has 0 amide bonds. The first-order chi connectivity index (χ1) is 6.06. The van der Waals surface area contributed by atoms with Gasteiger partial charge in [-0.1, -0.05) is 0 Å². The lowest BCUT2D eigenvalue weighted by Gasteiger charge is -2.03. The smallest absolute Gasteiger partial charge is 0.282 e. The Hall–Kier alpha value is -1.72. The van der Waals surface area contributed by atoms with Gasteiger partial charge in [0.1, 0.15) is 5.69 Å². The number of halogens is 2. The van der Waals surface area contributed by atoms with Gasteiger partial charge in [0.2, 0.25) is 5.56 Å². The highest BCUT2D eigenvalue weighted by Gasteiger charge is 2.17. The summed E-state index contributed by atoms with van der Waals surface area (Å²) in [4.78, 5) is 22.6. The summed E-state index contributed by atoms with van der Waals surface area (Å²) < 4.78 is 24.2. The van der Waals surface area contributed by atoms with Gasteiger partial charge in [-0.05, 0) is 0 Å².